The SMILES string of the molecule is C[C@@H](O)c1ccc(N2CCNC(=O)C2)c(F)c1. The molecule has 0 unspecified atom stereocenters. The monoisotopic (exact) mass is 238 g/mol. The molecule has 1 aromatic carbocycles. The summed E-state index contributed by atoms with van der Waals surface area (Å²) in [6.45, 7) is 2.88. The van der Waals surface area contributed by atoms with E-state index in [4.69, 9.17) is 0 Å². The molecule has 2 rings (SSSR count). The van der Waals surface area contributed by atoms with Gasteiger partial charge in [-0.25, -0.2) is 4.39 Å². The highest BCUT2D eigenvalue weighted by molar-refractivity contribution is 5.82. The Morgan fingerprint density at radius 3 is 2.88 bits per heavy atom. The number of amides is 1. The van der Waals surface area contributed by atoms with Crippen LogP contribution in [0.4, 0.5) is 10.1 Å². The molecule has 0 aliphatic carbocycles. The number of nitrogens with zero attached hydrogens (tertiary/aromatic N) is 1. The first kappa shape index (κ1) is 11.9. The molecular formula is C12H15FN2O2. The smallest absolute Gasteiger partial charge is 0.239 e. The highest BCUT2D eigenvalue weighted by atomic mass is 19.1. The van der Waals surface area contributed by atoms with E-state index in [1.54, 1.807) is 24.0 Å². The fraction of sp³-hybridized carbons (Fsp3) is 0.417. The lowest BCUT2D eigenvalue weighted by atomic mass is 10.1. The lowest BCUT2D eigenvalue weighted by molar-refractivity contribution is -0.120. The van der Waals surface area contributed by atoms with Crippen LogP contribution in [0.15, 0.2) is 18.2 Å². The zero-order valence-corrected chi connectivity index (χ0v) is 9.61. The first-order valence-electron chi connectivity index (χ1n) is 5.57. The van der Waals surface area contributed by atoms with Crippen LogP contribution in [0.2, 0.25) is 0 Å². The molecule has 1 aromatic rings. The van der Waals surface area contributed by atoms with Crippen molar-refractivity contribution in [2.45, 2.75) is 13.0 Å². The van der Waals surface area contributed by atoms with E-state index < -0.39 is 11.9 Å². The van der Waals surface area contributed by atoms with Crippen LogP contribution in [-0.2, 0) is 4.79 Å². The molecule has 1 heterocycles. The van der Waals surface area contributed by atoms with Gasteiger partial charge in [0, 0.05) is 13.1 Å². The van der Waals surface area contributed by atoms with Crippen molar-refractivity contribution in [3.05, 3.63) is 29.6 Å². The van der Waals surface area contributed by atoms with Crippen molar-refractivity contribution in [1.82, 2.24) is 5.32 Å². The largest absolute Gasteiger partial charge is 0.389 e. The van der Waals surface area contributed by atoms with Gasteiger partial charge in [0.15, 0.2) is 0 Å². The Bertz CT molecular complexity index is 435. The second-order valence-electron chi connectivity index (χ2n) is 4.16. The van der Waals surface area contributed by atoms with Gasteiger partial charge in [-0.3, -0.25) is 4.79 Å². The molecule has 0 bridgehead atoms. The quantitative estimate of drug-likeness (QED) is 0.802. The molecular weight excluding hydrogens is 223 g/mol. The van der Waals surface area contributed by atoms with Crippen molar-refractivity contribution in [1.29, 1.82) is 0 Å². The van der Waals surface area contributed by atoms with Crippen LogP contribution in [0, 0.1) is 5.82 Å². The van der Waals surface area contributed by atoms with Crippen LogP contribution in [0.1, 0.15) is 18.6 Å². The highest BCUT2D eigenvalue weighted by Gasteiger charge is 2.19. The van der Waals surface area contributed by atoms with Gasteiger partial charge >= 0.3 is 0 Å². The molecule has 1 aliphatic rings. The Labute approximate surface area is 99.0 Å². The molecule has 0 spiro atoms. The Morgan fingerprint density at radius 1 is 1.53 bits per heavy atom. The summed E-state index contributed by atoms with van der Waals surface area (Å²) in [5, 5.41) is 12.0. The number of carbonyl (C=O) groups is 1. The summed E-state index contributed by atoms with van der Waals surface area (Å²) in [6.07, 6.45) is -0.691. The normalized spacial score (nSPS) is 17.8. The van der Waals surface area contributed by atoms with Crippen molar-refractivity contribution in [2.75, 3.05) is 24.5 Å². The molecule has 0 aromatic heterocycles. The summed E-state index contributed by atoms with van der Waals surface area (Å²) in [6, 6.07) is 4.60. The summed E-state index contributed by atoms with van der Waals surface area (Å²) in [4.78, 5) is 12.9. The minimum atomic E-state index is -0.691. The number of hydrogen-bond donors (Lipinski definition) is 2. The fourth-order valence-electron chi connectivity index (χ4n) is 1.88. The first-order valence-corrected chi connectivity index (χ1v) is 5.57. The first-order chi connectivity index (χ1) is 8.08. The molecule has 1 amide bonds. The standard InChI is InChI=1S/C12H15FN2O2/c1-8(16)9-2-3-11(10(13)6-9)15-5-4-14-12(17)7-15/h2-3,6,8,16H,4-5,7H2,1H3,(H,14,17)/t8-/m1/s1. The molecule has 92 valence electrons. The number of benzene rings is 1. The van der Waals surface area contributed by atoms with Crippen LogP contribution >= 0.6 is 0 Å². The maximum Gasteiger partial charge on any atom is 0.239 e. The van der Waals surface area contributed by atoms with Crippen molar-refractivity contribution >= 4 is 11.6 Å². The topological polar surface area (TPSA) is 52.6 Å². The molecule has 17 heavy (non-hydrogen) atoms. The van der Waals surface area contributed by atoms with Gasteiger partial charge < -0.3 is 15.3 Å². The van der Waals surface area contributed by atoms with E-state index >= 15 is 0 Å². The second-order valence-corrected chi connectivity index (χ2v) is 4.16. The van der Waals surface area contributed by atoms with Crippen LogP contribution in [0.5, 0.6) is 0 Å². The van der Waals surface area contributed by atoms with Crippen LogP contribution in [0.3, 0.4) is 0 Å². The molecule has 1 atom stereocenters. The molecule has 2 N–H and O–H groups in total. The molecule has 5 heteroatoms. The number of halogens is 1. The fourth-order valence-corrected chi connectivity index (χ4v) is 1.88. The minimum absolute atomic E-state index is 0.102. The predicted octanol–water partition coefficient (Wildman–Crippen LogP) is 0.815. The van der Waals surface area contributed by atoms with E-state index in [0.717, 1.165) is 0 Å². The lowest BCUT2D eigenvalue weighted by Gasteiger charge is -2.29. The summed E-state index contributed by atoms with van der Waals surface area (Å²) >= 11 is 0. The maximum absolute atomic E-state index is 13.8. The Hall–Kier alpha value is -1.62. The van der Waals surface area contributed by atoms with Gasteiger partial charge in [0.25, 0.3) is 0 Å². The third kappa shape index (κ3) is 2.55. The highest BCUT2D eigenvalue weighted by Crippen LogP contribution is 2.23. The molecule has 1 saturated heterocycles. The van der Waals surface area contributed by atoms with Gasteiger partial charge in [-0.15, -0.1) is 0 Å². The third-order valence-electron chi connectivity index (χ3n) is 2.83. The van der Waals surface area contributed by atoms with Crippen molar-refractivity contribution in [3.8, 4) is 0 Å². The van der Waals surface area contributed by atoms with E-state index in [-0.39, 0.29) is 12.5 Å². The van der Waals surface area contributed by atoms with E-state index in [9.17, 15) is 14.3 Å². The van der Waals surface area contributed by atoms with Crippen LogP contribution in [-0.4, -0.2) is 30.6 Å². The summed E-state index contributed by atoms with van der Waals surface area (Å²) in [5.74, 6) is -0.506. The summed E-state index contributed by atoms with van der Waals surface area (Å²) in [7, 11) is 0. The van der Waals surface area contributed by atoms with Crippen molar-refractivity contribution in [2.24, 2.45) is 0 Å². The zero-order chi connectivity index (χ0) is 12.4. The average Bonchev–Trinajstić information content (AvgIpc) is 2.28. The third-order valence-corrected chi connectivity index (χ3v) is 2.83. The number of piperazine rings is 1. The minimum Gasteiger partial charge on any atom is -0.389 e. The molecule has 1 fully saturated rings. The number of aliphatic hydroxyl groups is 1. The van der Waals surface area contributed by atoms with E-state index in [0.29, 0.717) is 24.3 Å². The Balaban J connectivity index is 2.23. The van der Waals surface area contributed by atoms with Gasteiger partial charge in [-0.05, 0) is 24.6 Å². The summed E-state index contributed by atoms with van der Waals surface area (Å²) < 4.78 is 13.8. The molecule has 4 nitrogen and oxygen atoms in total. The van der Waals surface area contributed by atoms with Gasteiger partial charge in [0.2, 0.25) is 5.91 Å². The van der Waals surface area contributed by atoms with Crippen molar-refractivity contribution in [3.63, 3.8) is 0 Å². The maximum atomic E-state index is 13.8. The summed E-state index contributed by atoms with van der Waals surface area (Å²) in [5.41, 5.74) is 0.942. The molecule has 0 radical (unpaired) electrons. The zero-order valence-electron chi connectivity index (χ0n) is 9.61. The van der Waals surface area contributed by atoms with Crippen molar-refractivity contribution < 1.29 is 14.3 Å². The number of anilines is 1. The number of hydrogen-bond acceptors (Lipinski definition) is 3. The van der Waals surface area contributed by atoms with Gasteiger partial charge in [-0.1, -0.05) is 6.07 Å². The molecule has 0 saturated carbocycles. The number of nitrogens with one attached hydrogen (secondary N) is 1. The predicted molar refractivity (Wildman–Crippen MR) is 62.3 cm³/mol. The number of rotatable bonds is 2. The van der Waals surface area contributed by atoms with Crippen LogP contribution in [0.25, 0.3) is 0 Å². The van der Waals surface area contributed by atoms with E-state index in [1.807, 2.05) is 0 Å². The Kier molecular flexibility index (Phi) is 3.28. The number of carbonyl (C=O) groups excluding carboxylic acids is 1. The van der Waals surface area contributed by atoms with E-state index in [1.165, 1.54) is 6.07 Å². The van der Waals surface area contributed by atoms with Gasteiger partial charge in [-0.2, -0.15) is 0 Å². The van der Waals surface area contributed by atoms with Crippen LogP contribution < -0.4 is 10.2 Å². The average molecular weight is 238 g/mol. The lowest BCUT2D eigenvalue weighted by Crippen LogP contribution is -2.48. The Morgan fingerprint density at radius 2 is 2.29 bits per heavy atom. The number of aliphatic hydroxyl groups excluding tert-OH is 1. The second kappa shape index (κ2) is 4.71. The van der Waals surface area contributed by atoms with Gasteiger partial charge in [0.05, 0.1) is 18.3 Å². The molecule has 1 aliphatic heterocycles. The van der Waals surface area contributed by atoms with Gasteiger partial charge in [0.1, 0.15) is 5.82 Å². The van der Waals surface area contributed by atoms with E-state index in [2.05, 4.69) is 5.32 Å².